The molecule has 3 nitrogen and oxygen atoms in total. The molecule has 0 saturated carbocycles. The molecule has 14 heavy (non-hydrogen) atoms. The van der Waals surface area contributed by atoms with Crippen LogP contribution in [0.3, 0.4) is 0 Å². The minimum absolute atomic E-state index is 0.240. The molecule has 1 unspecified atom stereocenters. The smallest absolute Gasteiger partial charge is 0.255 e. The summed E-state index contributed by atoms with van der Waals surface area (Å²) in [4.78, 5) is 3.68. The van der Waals surface area contributed by atoms with Gasteiger partial charge in [0, 0.05) is 11.7 Å². The standard InChI is InChI=1S/C10H13FN2O/c1-7-2-3-9(10(11)13-7)14-6-8-4-5-12-8/h2-3,8,12H,4-6H2,1H3. The summed E-state index contributed by atoms with van der Waals surface area (Å²) < 4.78 is 18.5. The van der Waals surface area contributed by atoms with Gasteiger partial charge in [-0.3, -0.25) is 0 Å². The molecule has 1 aromatic rings. The van der Waals surface area contributed by atoms with E-state index < -0.39 is 5.95 Å². The fourth-order valence-corrected chi connectivity index (χ4v) is 1.30. The van der Waals surface area contributed by atoms with Crippen LogP contribution in [-0.2, 0) is 0 Å². The topological polar surface area (TPSA) is 34.1 Å². The normalized spacial score (nSPS) is 20.3. The number of nitrogens with zero attached hydrogens (tertiary/aromatic N) is 1. The number of halogens is 1. The van der Waals surface area contributed by atoms with Crippen molar-refractivity contribution in [3.63, 3.8) is 0 Å². The average molecular weight is 196 g/mol. The number of aromatic nitrogens is 1. The SMILES string of the molecule is Cc1ccc(OCC2CCN2)c(F)n1. The highest BCUT2D eigenvalue weighted by Crippen LogP contribution is 2.15. The lowest BCUT2D eigenvalue weighted by Gasteiger charge is -2.27. The van der Waals surface area contributed by atoms with Crippen molar-refractivity contribution in [3.8, 4) is 5.75 Å². The first-order valence-electron chi connectivity index (χ1n) is 4.75. The molecule has 1 aliphatic rings. The van der Waals surface area contributed by atoms with E-state index in [4.69, 9.17) is 4.74 Å². The van der Waals surface area contributed by atoms with Crippen LogP contribution >= 0.6 is 0 Å². The predicted molar refractivity (Wildman–Crippen MR) is 50.8 cm³/mol. The van der Waals surface area contributed by atoms with E-state index in [1.165, 1.54) is 0 Å². The molecule has 1 aromatic heterocycles. The van der Waals surface area contributed by atoms with Gasteiger partial charge in [-0.15, -0.1) is 0 Å². The van der Waals surface area contributed by atoms with Gasteiger partial charge in [0.2, 0.25) is 0 Å². The fraction of sp³-hybridized carbons (Fsp3) is 0.500. The van der Waals surface area contributed by atoms with E-state index in [2.05, 4.69) is 10.3 Å². The summed E-state index contributed by atoms with van der Waals surface area (Å²) in [6.45, 7) is 3.30. The summed E-state index contributed by atoms with van der Waals surface area (Å²) in [5, 5.41) is 3.18. The lowest BCUT2D eigenvalue weighted by atomic mass is 10.1. The van der Waals surface area contributed by atoms with Crippen molar-refractivity contribution >= 4 is 0 Å². The third kappa shape index (κ3) is 2.01. The molecule has 0 bridgehead atoms. The third-order valence-corrected chi connectivity index (χ3v) is 2.32. The maximum atomic E-state index is 13.2. The lowest BCUT2D eigenvalue weighted by Crippen LogP contribution is -2.46. The molecular weight excluding hydrogens is 183 g/mol. The van der Waals surface area contributed by atoms with Gasteiger partial charge < -0.3 is 10.1 Å². The van der Waals surface area contributed by atoms with Gasteiger partial charge in [0.15, 0.2) is 5.75 Å². The van der Waals surface area contributed by atoms with Gasteiger partial charge in [-0.1, -0.05) is 0 Å². The van der Waals surface area contributed by atoms with Gasteiger partial charge in [0.1, 0.15) is 6.61 Å². The summed E-state index contributed by atoms with van der Waals surface area (Å²) in [5.41, 5.74) is 0.664. The van der Waals surface area contributed by atoms with Gasteiger partial charge in [-0.25, -0.2) is 4.98 Å². The summed E-state index contributed by atoms with van der Waals surface area (Å²) in [5.74, 6) is -0.284. The Hall–Kier alpha value is -1.16. The van der Waals surface area contributed by atoms with Crippen molar-refractivity contribution in [2.45, 2.75) is 19.4 Å². The maximum Gasteiger partial charge on any atom is 0.255 e. The zero-order chi connectivity index (χ0) is 9.97. The van der Waals surface area contributed by atoms with Crippen molar-refractivity contribution in [1.29, 1.82) is 0 Å². The van der Waals surface area contributed by atoms with Crippen LogP contribution in [0.1, 0.15) is 12.1 Å². The average Bonchev–Trinajstić information content (AvgIpc) is 2.05. The Balaban J connectivity index is 1.94. The third-order valence-electron chi connectivity index (χ3n) is 2.32. The first-order valence-corrected chi connectivity index (χ1v) is 4.75. The molecule has 0 amide bonds. The van der Waals surface area contributed by atoms with E-state index >= 15 is 0 Å². The van der Waals surface area contributed by atoms with E-state index in [1.54, 1.807) is 19.1 Å². The zero-order valence-corrected chi connectivity index (χ0v) is 8.09. The highest BCUT2D eigenvalue weighted by atomic mass is 19.1. The Morgan fingerprint density at radius 1 is 1.64 bits per heavy atom. The predicted octanol–water partition coefficient (Wildman–Crippen LogP) is 1.27. The molecule has 0 aliphatic carbocycles. The Morgan fingerprint density at radius 2 is 2.43 bits per heavy atom. The Morgan fingerprint density at radius 3 is 3.00 bits per heavy atom. The van der Waals surface area contributed by atoms with Gasteiger partial charge in [0.25, 0.3) is 5.95 Å². The molecule has 1 atom stereocenters. The fourth-order valence-electron chi connectivity index (χ4n) is 1.30. The Labute approximate surface area is 82.3 Å². The van der Waals surface area contributed by atoms with E-state index in [-0.39, 0.29) is 5.75 Å². The highest BCUT2D eigenvalue weighted by Gasteiger charge is 2.17. The molecule has 2 rings (SSSR count). The summed E-state index contributed by atoms with van der Waals surface area (Å²) >= 11 is 0. The number of aryl methyl sites for hydroxylation is 1. The van der Waals surface area contributed by atoms with Crippen LogP contribution in [0.5, 0.6) is 5.75 Å². The molecule has 1 aliphatic heterocycles. The van der Waals surface area contributed by atoms with Crippen LogP contribution < -0.4 is 10.1 Å². The van der Waals surface area contributed by atoms with Crippen molar-refractivity contribution in [2.75, 3.05) is 13.2 Å². The van der Waals surface area contributed by atoms with Crippen molar-refractivity contribution in [2.24, 2.45) is 0 Å². The van der Waals surface area contributed by atoms with Gasteiger partial charge >= 0.3 is 0 Å². The highest BCUT2D eigenvalue weighted by molar-refractivity contribution is 5.21. The molecule has 1 N–H and O–H groups in total. The molecule has 0 spiro atoms. The number of hydrogen-bond donors (Lipinski definition) is 1. The van der Waals surface area contributed by atoms with Crippen molar-refractivity contribution < 1.29 is 9.13 Å². The molecule has 76 valence electrons. The van der Waals surface area contributed by atoms with Crippen molar-refractivity contribution in [3.05, 3.63) is 23.8 Å². The molecular formula is C10H13FN2O. The number of rotatable bonds is 3. The summed E-state index contributed by atoms with van der Waals surface area (Å²) in [7, 11) is 0. The number of nitrogens with one attached hydrogen (secondary N) is 1. The van der Waals surface area contributed by atoms with Crippen LogP contribution in [0.2, 0.25) is 0 Å². The molecule has 0 radical (unpaired) electrons. The van der Waals surface area contributed by atoms with Crippen LogP contribution in [0.15, 0.2) is 12.1 Å². The summed E-state index contributed by atoms with van der Waals surface area (Å²) in [6.07, 6.45) is 1.10. The van der Waals surface area contributed by atoms with Crippen LogP contribution in [0.4, 0.5) is 4.39 Å². The molecule has 1 saturated heterocycles. The minimum Gasteiger partial charge on any atom is -0.487 e. The van der Waals surface area contributed by atoms with Crippen LogP contribution in [0, 0.1) is 12.9 Å². The van der Waals surface area contributed by atoms with Gasteiger partial charge in [-0.05, 0) is 32.0 Å². The first-order chi connectivity index (χ1) is 6.75. The number of pyridine rings is 1. The van der Waals surface area contributed by atoms with Gasteiger partial charge in [0.05, 0.1) is 0 Å². The zero-order valence-electron chi connectivity index (χ0n) is 8.09. The maximum absolute atomic E-state index is 13.2. The molecule has 4 heteroatoms. The van der Waals surface area contributed by atoms with Crippen LogP contribution in [0.25, 0.3) is 0 Å². The second kappa shape index (κ2) is 3.92. The lowest BCUT2D eigenvalue weighted by molar-refractivity contribution is 0.209. The Kier molecular flexibility index (Phi) is 2.63. The second-order valence-electron chi connectivity index (χ2n) is 3.49. The Bertz CT molecular complexity index is 326. The van der Waals surface area contributed by atoms with Gasteiger partial charge in [-0.2, -0.15) is 4.39 Å². The summed E-state index contributed by atoms with van der Waals surface area (Å²) in [6, 6.07) is 3.74. The second-order valence-corrected chi connectivity index (χ2v) is 3.49. The quantitative estimate of drug-likeness (QED) is 0.739. The molecule has 0 aromatic carbocycles. The first kappa shape index (κ1) is 9.40. The number of ether oxygens (including phenoxy) is 1. The van der Waals surface area contributed by atoms with E-state index in [0.29, 0.717) is 18.3 Å². The minimum atomic E-state index is -0.524. The monoisotopic (exact) mass is 196 g/mol. The molecule has 1 fully saturated rings. The van der Waals surface area contributed by atoms with Crippen LogP contribution in [-0.4, -0.2) is 24.2 Å². The van der Waals surface area contributed by atoms with E-state index in [9.17, 15) is 4.39 Å². The van der Waals surface area contributed by atoms with E-state index in [1.807, 2.05) is 0 Å². The number of hydrogen-bond acceptors (Lipinski definition) is 3. The van der Waals surface area contributed by atoms with E-state index in [0.717, 1.165) is 13.0 Å². The largest absolute Gasteiger partial charge is 0.487 e. The molecule has 2 heterocycles. The van der Waals surface area contributed by atoms with Crippen molar-refractivity contribution in [1.82, 2.24) is 10.3 Å².